The number of aryl methyl sites for hydroxylation is 1. The highest BCUT2D eigenvalue weighted by atomic mass is 19.1. The molecule has 27 heavy (non-hydrogen) atoms. The van der Waals surface area contributed by atoms with Gasteiger partial charge in [-0.15, -0.1) is 0 Å². The first-order valence-corrected chi connectivity index (χ1v) is 8.50. The lowest BCUT2D eigenvalue weighted by Gasteiger charge is -2.07. The largest absolute Gasteiger partial charge is 0.305 e. The van der Waals surface area contributed by atoms with Crippen molar-refractivity contribution >= 4 is 22.6 Å². The number of rotatable bonds is 3. The van der Waals surface area contributed by atoms with Gasteiger partial charge in [0.2, 0.25) is 0 Å². The molecule has 4 aromatic rings. The number of halogens is 1. The fraction of sp³-hybridized carbons (Fsp3) is 0.0952. The van der Waals surface area contributed by atoms with Crippen molar-refractivity contribution in [3.63, 3.8) is 0 Å². The second-order valence-corrected chi connectivity index (χ2v) is 6.42. The summed E-state index contributed by atoms with van der Waals surface area (Å²) in [4.78, 5) is 16.8. The molecule has 0 aliphatic carbocycles. The number of nitrogens with one attached hydrogen (secondary N) is 2. The first-order chi connectivity index (χ1) is 13.0. The van der Waals surface area contributed by atoms with Crippen molar-refractivity contribution in [3.8, 4) is 11.1 Å². The van der Waals surface area contributed by atoms with Gasteiger partial charge in [-0.2, -0.15) is 5.10 Å². The molecule has 0 bridgehead atoms. The van der Waals surface area contributed by atoms with Gasteiger partial charge in [0, 0.05) is 11.6 Å². The van der Waals surface area contributed by atoms with Crippen molar-refractivity contribution < 1.29 is 9.18 Å². The third-order valence-electron chi connectivity index (χ3n) is 4.51. The average molecular weight is 360 g/mol. The number of pyridine rings is 1. The smallest absolute Gasteiger partial charge is 0.277 e. The molecule has 2 aromatic heterocycles. The Bertz CT molecular complexity index is 1170. The van der Waals surface area contributed by atoms with E-state index in [0.717, 1.165) is 22.2 Å². The van der Waals surface area contributed by atoms with Gasteiger partial charge in [-0.1, -0.05) is 18.2 Å². The molecule has 0 aliphatic heterocycles. The summed E-state index contributed by atoms with van der Waals surface area (Å²) in [6, 6.07) is 14.2. The van der Waals surface area contributed by atoms with Gasteiger partial charge in [0.05, 0.1) is 5.52 Å². The van der Waals surface area contributed by atoms with Gasteiger partial charge in [-0.05, 0) is 66.4 Å². The van der Waals surface area contributed by atoms with E-state index in [-0.39, 0.29) is 17.4 Å². The molecule has 2 N–H and O–H groups in total. The van der Waals surface area contributed by atoms with Crippen LogP contribution >= 0.6 is 0 Å². The molecule has 134 valence electrons. The van der Waals surface area contributed by atoms with Crippen molar-refractivity contribution in [3.05, 3.63) is 77.4 Å². The van der Waals surface area contributed by atoms with Crippen LogP contribution in [-0.2, 0) is 0 Å². The Kier molecular flexibility index (Phi) is 4.16. The molecule has 5 nitrogen and oxygen atoms in total. The SMILES string of the molecule is Cc1ccnc(NC(=O)c2n[nH]c3ccc(-c4cccc(F)c4C)cc23)c1. The Morgan fingerprint density at radius 2 is 1.96 bits per heavy atom. The van der Waals surface area contributed by atoms with Gasteiger partial charge in [-0.3, -0.25) is 9.89 Å². The van der Waals surface area contributed by atoms with E-state index in [9.17, 15) is 9.18 Å². The van der Waals surface area contributed by atoms with Gasteiger partial charge >= 0.3 is 0 Å². The van der Waals surface area contributed by atoms with Crippen LogP contribution in [0.5, 0.6) is 0 Å². The molecule has 4 rings (SSSR count). The standard InChI is InChI=1S/C21H17FN4O/c1-12-8-9-23-19(10-12)24-21(27)20-16-11-14(6-7-18(16)25-26-20)15-4-3-5-17(22)13(15)2/h3-11H,1-2H3,(H,25,26)(H,23,24,27). The zero-order chi connectivity index (χ0) is 19.0. The fourth-order valence-electron chi connectivity index (χ4n) is 3.05. The Labute approximate surface area is 155 Å². The summed E-state index contributed by atoms with van der Waals surface area (Å²) in [5.41, 5.74) is 4.17. The van der Waals surface area contributed by atoms with Crippen LogP contribution in [-0.4, -0.2) is 21.1 Å². The molecule has 0 radical (unpaired) electrons. The minimum atomic E-state index is -0.354. The number of amides is 1. The predicted molar refractivity (Wildman–Crippen MR) is 103 cm³/mol. The number of benzene rings is 2. The Balaban J connectivity index is 1.74. The Morgan fingerprint density at radius 3 is 2.78 bits per heavy atom. The monoisotopic (exact) mass is 360 g/mol. The molecular formula is C21H17FN4O. The van der Waals surface area contributed by atoms with Crippen molar-refractivity contribution in [2.45, 2.75) is 13.8 Å². The number of H-pyrrole nitrogens is 1. The van der Waals surface area contributed by atoms with E-state index in [1.54, 1.807) is 25.3 Å². The zero-order valence-electron chi connectivity index (χ0n) is 14.9. The number of hydrogen-bond donors (Lipinski definition) is 2. The summed E-state index contributed by atoms with van der Waals surface area (Å²) in [5, 5.41) is 10.4. The van der Waals surface area contributed by atoms with Gasteiger partial charge in [0.25, 0.3) is 5.91 Å². The molecule has 0 spiro atoms. The number of nitrogens with zero attached hydrogens (tertiary/aromatic N) is 2. The van der Waals surface area contributed by atoms with E-state index in [1.165, 1.54) is 6.07 Å². The van der Waals surface area contributed by atoms with Gasteiger partial charge in [0.15, 0.2) is 5.69 Å². The van der Waals surface area contributed by atoms with Crippen molar-refractivity contribution in [2.75, 3.05) is 5.32 Å². The molecule has 2 heterocycles. The van der Waals surface area contributed by atoms with Crippen molar-refractivity contribution in [1.82, 2.24) is 15.2 Å². The van der Waals surface area contributed by atoms with Crippen LogP contribution in [0.4, 0.5) is 10.2 Å². The van der Waals surface area contributed by atoms with Crippen LogP contribution in [0.3, 0.4) is 0 Å². The maximum atomic E-state index is 13.9. The molecule has 1 amide bonds. The summed E-state index contributed by atoms with van der Waals surface area (Å²) < 4.78 is 13.9. The summed E-state index contributed by atoms with van der Waals surface area (Å²) in [6.45, 7) is 3.66. The van der Waals surface area contributed by atoms with Crippen LogP contribution in [0.2, 0.25) is 0 Å². The minimum Gasteiger partial charge on any atom is -0.305 e. The van der Waals surface area contributed by atoms with E-state index < -0.39 is 0 Å². The summed E-state index contributed by atoms with van der Waals surface area (Å²) in [5.74, 6) is -0.149. The normalized spacial score (nSPS) is 10.9. The lowest BCUT2D eigenvalue weighted by Crippen LogP contribution is -2.13. The highest BCUT2D eigenvalue weighted by molar-refractivity contribution is 6.11. The number of fused-ring (bicyclic) bond motifs is 1. The molecule has 0 fully saturated rings. The van der Waals surface area contributed by atoms with E-state index in [2.05, 4.69) is 20.5 Å². The first-order valence-electron chi connectivity index (χ1n) is 8.50. The van der Waals surface area contributed by atoms with Gasteiger partial charge in [0.1, 0.15) is 11.6 Å². The van der Waals surface area contributed by atoms with E-state index in [4.69, 9.17) is 0 Å². The van der Waals surface area contributed by atoms with Crippen LogP contribution in [0.25, 0.3) is 22.0 Å². The summed E-state index contributed by atoms with van der Waals surface area (Å²) >= 11 is 0. The minimum absolute atomic E-state index is 0.261. The zero-order valence-corrected chi connectivity index (χ0v) is 14.9. The summed E-state index contributed by atoms with van der Waals surface area (Å²) in [7, 11) is 0. The highest BCUT2D eigenvalue weighted by Gasteiger charge is 2.16. The molecule has 6 heteroatoms. The second-order valence-electron chi connectivity index (χ2n) is 6.42. The fourth-order valence-corrected chi connectivity index (χ4v) is 3.05. The van der Waals surface area contributed by atoms with Crippen molar-refractivity contribution in [2.24, 2.45) is 0 Å². The first kappa shape index (κ1) is 16.9. The third-order valence-corrected chi connectivity index (χ3v) is 4.51. The predicted octanol–water partition coefficient (Wildman–Crippen LogP) is 4.63. The molecule has 0 aliphatic rings. The van der Waals surface area contributed by atoms with E-state index in [0.29, 0.717) is 16.8 Å². The Morgan fingerprint density at radius 1 is 1.11 bits per heavy atom. The number of hydrogen-bond acceptors (Lipinski definition) is 3. The lowest BCUT2D eigenvalue weighted by atomic mass is 9.98. The van der Waals surface area contributed by atoms with Crippen LogP contribution in [0.15, 0.2) is 54.7 Å². The molecule has 0 unspecified atom stereocenters. The number of aromatic amines is 1. The summed E-state index contributed by atoms with van der Waals surface area (Å²) in [6.07, 6.45) is 1.64. The van der Waals surface area contributed by atoms with Gasteiger partial charge < -0.3 is 5.32 Å². The van der Waals surface area contributed by atoms with Crippen LogP contribution < -0.4 is 5.32 Å². The molecule has 2 aromatic carbocycles. The van der Waals surface area contributed by atoms with Crippen LogP contribution in [0.1, 0.15) is 21.6 Å². The number of carbonyl (C=O) groups is 1. The van der Waals surface area contributed by atoms with E-state index >= 15 is 0 Å². The Hall–Kier alpha value is -3.54. The highest BCUT2D eigenvalue weighted by Crippen LogP contribution is 2.29. The molecule has 0 saturated carbocycles. The van der Waals surface area contributed by atoms with Gasteiger partial charge in [-0.25, -0.2) is 9.37 Å². The average Bonchev–Trinajstić information content (AvgIpc) is 3.07. The molecular weight excluding hydrogens is 343 g/mol. The topological polar surface area (TPSA) is 70.7 Å². The maximum Gasteiger partial charge on any atom is 0.277 e. The second kappa shape index (κ2) is 6.64. The lowest BCUT2D eigenvalue weighted by molar-refractivity contribution is 0.102. The van der Waals surface area contributed by atoms with E-state index in [1.807, 2.05) is 37.3 Å². The quantitative estimate of drug-likeness (QED) is 0.559. The van der Waals surface area contributed by atoms with Crippen molar-refractivity contribution in [1.29, 1.82) is 0 Å². The number of carbonyl (C=O) groups excluding carboxylic acids is 1. The molecule has 0 atom stereocenters. The maximum absolute atomic E-state index is 13.9. The number of anilines is 1. The number of aromatic nitrogens is 3. The molecule has 0 saturated heterocycles. The third kappa shape index (κ3) is 3.17. The van der Waals surface area contributed by atoms with Crippen LogP contribution in [0, 0.1) is 19.7 Å².